The van der Waals surface area contributed by atoms with Crippen LogP contribution in [0.3, 0.4) is 0 Å². The lowest BCUT2D eigenvalue weighted by atomic mass is 10.2. The van der Waals surface area contributed by atoms with E-state index in [0.29, 0.717) is 11.3 Å². The minimum Gasteiger partial charge on any atom is -0.423 e. The fraction of sp³-hybridized carbons (Fsp3) is 0. The van der Waals surface area contributed by atoms with Crippen LogP contribution in [0.25, 0.3) is 0 Å². The molecule has 3 aromatic rings. The van der Waals surface area contributed by atoms with Gasteiger partial charge in [0.1, 0.15) is 11.6 Å². The van der Waals surface area contributed by atoms with Crippen LogP contribution in [-0.2, 0) is 0 Å². The lowest BCUT2D eigenvalue weighted by Gasteiger charge is -2.04. The van der Waals surface area contributed by atoms with Crippen LogP contribution in [0.5, 0.6) is 5.75 Å². The molecule has 0 saturated carbocycles. The summed E-state index contributed by atoms with van der Waals surface area (Å²) in [5.74, 6) is -0.577. The van der Waals surface area contributed by atoms with E-state index < -0.39 is 11.8 Å². The number of carbonyl (C=O) groups excluding carboxylic acids is 1. The zero-order valence-corrected chi connectivity index (χ0v) is 13.6. The Labute approximate surface area is 149 Å². The third-order valence-corrected chi connectivity index (χ3v) is 3.53. The quantitative estimate of drug-likeness (QED) is 0.393. The summed E-state index contributed by atoms with van der Waals surface area (Å²) in [6.45, 7) is 0. The van der Waals surface area contributed by atoms with E-state index >= 15 is 0 Å². The molecule has 3 aromatic carbocycles. The van der Waals surface area contributed by atoms with Crippen LogP contribution in [-0.4, -0.2) is 12.2 Å². The maximum atomic E-state index is 12.9. The molecule has 0 saturated heterocycles. The van der Waals surface area contributed by atoms with E-state index in [4.69, 9.17) is 10.00 Å². The second-order valence-corrected chi connectivity index (χ2v) is 5.38. The van der Waals surface area contributed by atoms with Gasteiger partial charge in [-0.05, 0) is 78.4 Å². The summed E-state index contributed by atoms with van der Waals surface area (Å²) in [5, 5.41) is 8.77. The van der Waals surface area contributed by atoms with E-state index in [9.17, 15) is 9.18 Å². The van der Waals surface area contributed by atoms with E-state index in [1.165, 1.54) is 24.3 Å². The van der Waals surface area contributed by atoms with Gasteiger partial charge in [-0.3, -0.25) is 4.99 Å². The van der Waals surface area contributed by atoms with Gasteiger partial charge in [0, 0.05) is 6.21 Å². The summed E-state index contributed by atoms with van der Waals surface area (Å²) < 4.78 is 18.1. The van der Waals surface area contributed by atoms with Gasteiger partial charge in [-0.2, -0.15) is 5.26 Å². The second-order valence-electron chi connectivity index (χ2n) is 5.38. The van der Waals surface area contributed by atoms with E-state index in [1.54, 1.807) is 54.7 Å². The molecule has 0 aliphatic heterocycles. The molecule has 0 heterocycles. The largest absolute Gasteiger partial charge is 0.423 e. The minimum absolute atomic E-state index is 0.276. The first-order chi connectivity index (χ1) is 12.6. The molecule has 0 bridgehead atoms. The lowest BCUT2D eigenvalue weighted by molar-refractivity contribution is 0.0734. The van der Waals surface area contributed by atoms with E-state index in [2.05, 4.69) is 11.1 Å². The number of rotatable bonds is 4. The highest BCUT2D eigenvalue weighted by Gasteiger charge is 2.08. The van der Waals surface area contributed by atoms with Crippen molar-refractivity contribution in [2.75, 3.05) is 0 Å². The number of esters is 1. The van der Waals surface area contributed by atoms with Crippen molar-refractivity contribution in [2.45, 2.75) is 0 Å². The highest BCUT2D eigenvalue weighted by Crippen LogP contribution is 2.16. The van der Waals surface area contributed by atoms with Crippen LogP contribution in [0.1, 0.15) is 21.5 Å². The Morgan fingerprint density at radius 1 is 0.962 bits per heavy atom. The number of hydrogen-bond donors (Lipinski definition) is 0. The fourth-order valence-electron chi connectivity index (χ4n) is 2.14. The molecule has 0 unspecified atom stereocenters. The standard InChI is InChI=1S/C21H13FN2O2/c22-18-7-5-17(6-8-18)21(25)26-20-11-3-16(4-12-20)14-24-19-9-1-15(13-23)2-10-19/h1-12,14H. The average molecular weight is 344 g/mol. The van der Waals surface area contributed by atoms with Crippen molar-refractivity contribution in [3.8, 4) is 11.8 Å². The Bertz CT molecular complexity index is 971. The summed E-state index contributed by atoms with van der Waals surface area (Å²) in [6.07, 6.45) is 1.67. The van der Waals surface area contributed by atoms with Crippen molar-refractivity contribution in [3.63, 3.8) is 0 Å². The van der Waals surface area contributed by atoms with Gasteiger partial charge >= 0.3 is 5.97 Å². The molecule has 0 aliphatic carbocycles. The normalized spacial score (nSPS) is 10.5. The Morgan fingerprint density at radius 3 is 2.23 bits per heavy atom. The van der Waals surface area contributed by atoms with Gasteiger partial charge < -0.3 is 4.74 Å². The zero-order valence-electron chi connectivity index (χ0n) is 13.6. The van der Waals surface area contributed by atoms with Crippen molar-refractivity contribution in [1.29, 1.82) is 5.26 Å². The van der Waals surface area contributed by atoms with E-state index in [0.717, 1.165) is 11.3 Å². The van der Waals surface area contributed by atoms with Crippen LogP contribution in [0.2, 0.25) is 0 Å². The van der Waals surface area contributed by atoms with Crippen LogP contribution in [0, 0.1) is 17.1 Å². The van der Waals surface area contributed by atoms with Gasteiger partial charge in [-0.15, -0.1) is 0 Å². The molecule has 0 amide bonds. The van der Waals surface area contributed by atoms with Crippen molar-refractivity contribution >= 4 is 17.9 Å². The van der Waals surface area contributed by atoms with Crippen LogP contribution in [0.4, 0.5) is 10.1 Å². The molecule has 5 heteroatoms. The molecule has 0 aliphatic rings. The number of ether oxygens (including phenoxy) is 1. The number of aliphatic imine (C=N–C) groups is 1. The summed E-state index contributed by atoms with van der Waals surface area (Å²) >= 11 is 0. The summed E-state index contributed by atoms with van der Waals surface area (Å²) in [5.41, 5.74) is 2.42. The van der Waals surface area contributed by atoms with Crippen molar-refractivity contribution in [2.24, 2.45) is 4.99 Å². The van der Waals surface area contributed by atoms with Gasteiger partial charge in [0.05, 0.1) is 22.9 Å². The first kappa shape index (κ1) is 17.1. The minimum atomic E-state index is -0.552. The topological polar surface area (TPSA) is 62.4 Å². The number of hydrogen-bond acceptors (Lipinski definition) is 4. The van der Waals surface area contributed by atoms with Gasteiger partial charge in [0.25, 0.3) is 0 Å². The molecule has 0 fully saturated rings. The Kier molecular flexibility index (Phi) is 5.16. The van der Waals surface area contributed by atoms with Crippen molar-refractivity contribution in [1.82, 2.24) is 0 Å². The van der Waals surface area contributed by atoms with Crippen LogP contribution >= 0.6 is 0 Å². The summed E-state index contributed by atoms with van der Waals surface area (Å²) in [4.78, 5) is 16.3. The molecular weight excluding hydrogens is 331 g/mol. The predicted molar refractivity (Wildman–Crippen MR) is 96.2 cm³/mol. The number of carbonyl (C=O) groups is 1. The SMILES string of the molecule is N#Cc1ccc(N=Cc2ccc(OC(=O)c3ccc(F)cc3)cc2)cc1. The second kappa shape index (κ2) is 7.86. The molecule has 0 spiro atoms. The monoisotopic (exact) mass is 344 g/mol. The van der Waals surface area contributed by atoms with Gasteiger partial charge in [0.2, 0.25) is 0 Å². The maximum Gasteiger partial charge on any atom is 0.343 e. The van der Waals surface area contributed by atoms with Crippen molar-refractivity contribution < 1.29 is 13.9 Å². The Balaban J connectivity index is 1.64. The molecule has 126 valence electrons. The number of benzene rings is 3. The average Bonchev–Trinajstić information content (AvgIpc) is 2.68. The van der Waals surface area contributed by atoms with Gasteiger partial charge in [-0.25, -0.2) is 9.18 Å². The maximum absolute atomic E-state index is 12.9. The molecule has 0 aromatic heterocycles. The number of nitrogens with zero attached hydrogens (tertiary/aromatic N) is 2. The lowest BCUT2D eigenvalue weighted by Crippen LogP contribution is -2.08. The Hall–Kier alpha value is -3.78. The molecule has 26 heavy (non-hydrogen) atoms. The molecule has 3 rings (SSSR count). The van der Waals surface area contributed by atoms with Crippen molar-refractivity contribution in [3.05, 3.63) is 95.3 Å². The smallest absolute Gasteiger partial charge is 0.343 e. The number of halogens is 1. The molecule has 0 atom stereocenters. The van der Waals surface area contributed by atoms with Gasteiger partial charge in [0.15, 0.2) is 0 Å². The van der Waals surface area contributed by atoms with Crippen LogP contribution < -0.4 is 4.74 Å². The number of nitriles is 1. The highest BCUT2D eigenvalue weighted by atomic mass is 19.1. The first-order valence-electron chi connectivity index (χ1n) is 7.76. The van der Waals surface area contributed by atoms with E-state index in [-0.39, 0.29) is 5.56 Å². The first-order valence-corrected chi connectivity index (χ1v) is 7.76. The van der Waals surface area contributed by atoms with Gasteiger partial charge in [-0.1, -0.05) is 0 Å². The predicted octanol–water partition coefficient (Wildman–Crippen LogP) is 4.67. The highest BCUT2D eigenvalue weighted by molar-refractivity contribution is 5.91. The Morgan fingerprint density at radius 2 is 1.62 bits per heavy atom. The fourth-order valence-corrected chi connectivity index (χ4v) is 2.14. The van der Waals surface area contributed by atoms with E-state index in [1.807, 2.05) is 0 Å². The third kappa shape index (κ3) is 4.40. The zero-order chi connectivity index (χ0) is 18.4. The molecule has 0 radical (unpaired) electrons. The molecule has 4 nitrogen and oxygen atoms in total. The third-order valence-electron chi connectivity index (χ3n) is 3.53. The summed E-state index contributed by atoms with van der Waals surface area (Å²) in [7, 11) is 0. The van der Waals surface area contributed by atoms with Crippen LogP contribution in [0.15, 0.2) is 77.8 Å². The molecule has 0 N–H and O–H groups in total. The summed E-state index contributed by atoms with van der Waals surface area (Å²) in [6, 6.07) is 21.0. The molecular formula is C21H13FN2O2.